The molecule has 3 rings (SSSR count). The number of nitrogens with two attached hydrogens (primary N) is 1. The Labute approximate surface area is 180 Å². The maximum absolute atomic E-state index is 14.3. The van der Waals surface area contributed by atoms with Crippen molar-refractivity contribution in [1.82, 2.24) is 0 Å². The van der Waals surface area contributed by atoms with Gasteiger partial charge in [0.25, 0.3) is 5.91 Å². The van der Waals surface area contributed by atoms with Gasteiger partial charge in [-0.25, -0.2) is 4.39 Å². The van der Waals surface area contributed by atoms with Gasteiger partial charge in [-0.15, -0.1) is 0 Å². The molecule has 1 fully saturated rings. The van der Waals surface area contributed by atoms with Crippen LogP contribution in [0.1, 0.15) is 35.3 Å². The Morgan fingerprint density at radius 1 is 1.23 bits per heavy atom. The van der Waals surface area contributed by atoms with Crippen LogP contribution in [0, 0.1) is 17.1 Å². The maximum atomic E-state index is 14.3. The Bertz CT molecular complexity index is 1130. The molecule has 6 nitrogen and oxygen atoms in total. The molecule has 0 saturated carbocycles. The number of hydrogen-bond acceptors (Lipinski definition) is 4. The van der Waals surface area contributed by atoms with Crippen LogP contribution in [0.2, 0.25) is 0 Å². The number of benzene rings is 2. The highest BCUT2D eigenvalue weighted by Gasteiger charge is 2.50. The Morgan fingerprint density at radius 3 is 2.35 bits per heavy atom. The highest BCUT2D eigenvalue weighted by atomic mass is 32.1. The van der Waals surface area contributed by atoms with Crippen LogP contribution in [0.15, 0.2) is 36.4 Å². The van der Waals surface area contributed by atoms with E-state index >= 15 is 0 Å². The fourth-order valence-electron chi connectivity index (χ4n) is 3.44. The van der Waals surface area contributed by atoms with E-state index in [1.807, 2.05) is 0 Å². The summed E-state index contributed by atoms with van der Waals surface area (Å²) in [5.74, 6) is -1.87. The minimum absolute atomic E-state index is 0.0892. The van der Waals surface area contributed by atoms with Gasteiger partial charge >= 0.3 is 6.18 Å². The Kier molecular flexibility index (Phi) is 5.41. The third-order valence-corrected chi connectivity index (χ3v) is 5.41. The van der Waals surface area contributed by atoms with Crippen LogP contribution in [0.5, 0.6) is 0 Å². The Balaban J connectivity index is 2.10. The average molecular weight is 452 g/mol. The summed E-state index contributed by atoms with van der Waals surface area (Å²) in [6.07, 6.45) is -6.20. The van der Waals surface area contributed by atoms with Gasteiger partial charge in [-0.1, -0.05) is 0 Å². The normalized spacial score (nSPS) is 18.3. The third-order valence-electron chi connectivity index (χ3n) is 5.03. The van der Waals surface area contributed by atoms with Crippen LogP contribution >= 0.6 is 12.2 Å². The van der Waals surface area contributed by atoms with Gasteiger partial charge in [0, 0.05) is 11.4 Å². The summed E-state index contributed by atoms with van der Waals surface area (Å²) in [5.41, 5.74) is 1.92. The van der Waals surface area contributed by atoms with Crippen molar-refractivity contribution in [2.24, 2.45) is 5.73 Å². The van der Waals surface area contributed by atoms with Crippen molar-refractivity contribution in [3.8, 4) is 6.07 Å². The highest BCUT2D eigenvalue weighted by molar-refractivity contribution is 7.80. The summed E-state index contributed by atoms with van der Waals surface area (Å²) >= 11 is 5.41. The van der Waals surface area contributed by atoms with Crippen molar-refractivity contribution < 1.29 is 27.5 Å². The zero-order valence-corrected chi connectivity index (χ0v) is 17.1. The topological polar surface area (TPSA) is 93.6 Å². The van der Waals surface area contributed by atoms with E-state index in [0.29, 0.717) is 0 Å². The maximum Gasteiger partial charge on any atom is 0.417 e. The number of primary amides is 1. The molecular formula is C20H16F4N4O2S. The van der Waals surface area contributed by atoms with E-state index in [0.717, 1.165) is 29.2 Å². The van der Waals surface area contributed by atoms with E-state index in [9.17, 15) is 27.5 Å². The number of carbonyl (C=O) groups excluding carboxylic acids is 1. The first kappa shape index (κ1) is 22.5. The van der Waals surface area contributed by atoms with Crippen LogP contribution in [0.25, 0.3) is 0 Å². The summed E-state index contributed by atoms with van der Waals surface area (Å²) in [6, 6.07) is 7.97. The number of aliphatic hydroxyl groups is 1. The largest absolute Gasteiger partial charge is 0.417 e. The number of alkyl halides is 3. The number of halogens is 4. The number of amides is 1. The lowest BCUT2D eigenvalue weighted by molar-refractivity contribution is -0.137. The van der Waals surface area contributed by atoms with Crippen molar-refractivity contribution in [3.63, 3.8) is 0 Å². The molecule has 0 aromatic heterocycles. The third kappa shape index (κ3) is 3.68. The summed E-state index contributed by atoms with van der Waals surface area (Å²) in [4.78, 5) is 13.7. The minimum atomic E-state index is -4.80. The molecule has 1 atom stereocenters. The standard InChI is InChI=1S/C20H16F4N4O2S/c1-19(2)17(30)27(11-4-3-10(9-25)14(7-11)20(22,23)24)18(31)28(19)12-5-6-13(16(26)29)15(21)8-12/h3-8,17,30H,1-2H3,(H2,26,29). The number of hydrogen-bond donors (Lipinski definition) is 2. The molecule has 1 saturated heterocycles. The second kappa shape index (κ2) is 7.47. The number of nitrogens with zero attached hydrogens (tertiary/aromatic N) is 3. The monoisotopic (exact) mass is 452 g/mol. The molecule has 0 radical (unpaired) electrons. The lowest BCUT2D eigenvalue weighted by Gasteiger charge is -2.33. The van der Waals surface area contributed by atoms with E-state index in [1.165, 1.54) is 23.1 Å². The van der Waals surface area contributed by atoms with Crippen LogP contribution in [0.3, 0.4) is 0 Å². The number of carbonyl (C=O) groups is 1. The van der Waals surface area contributed by atoms with Crippen LogP contribution < -0.4 is 15.5 Å². The van der Waals surface area contributed by atoms with Crippen molar-refractivity contribution in [2.75, 3.05) is 9.80 Å². The summed E-state index contributed by atoms with van der Waals surface area (Å²) in [6.45, 7) is 3.14. The summed E-state index contributed by atoms with van der Waals surface area (Å²) in [7, 11) is 0. The number of rotatable bonds is 3. The first-order chi connectivity index (χ1) is 14.3. The molecule has 1 aliphatic rings. The van der Waals surface area contributed by atoms with Gasteiger partial charge < -0.3 is 15.7 Å². The fraction of sp³-hybridized carbons (Fsp3) is 0.250. The van der Waals surface area contributed by atoms with E-state index in [4.69, 9.17) is 23.2 Å². The number of nitriles is 1. The zero-order chi connectivity index (χ0) is 23.3. The van der Waals surface area contributed by atoms with Gasteiger partial charge in [0.2, 0.25) is 0 Å². The predicted molar refractivity (Wildman–Crippen MR) is 109 cm³/mol. The minimum Gasteiger partial charge on any atom is -0.371 e. The van der Waals surface area contributed by atoms with Crippen molar-refractivity contribution in [2.45, 2.75) is 31.8 Å². The molecule has 0 bridgehead atoms. The van der Waals surface area contributed by atoms with Gasteiger partial charge in [-0.05, 0) is 62.5 Å². The molecule has 1 heterocycles. The summed E-state index contributed by atoms with van der Waals surface area (Å²) < 4.78 is 54.5. The fourth-order valence-corrected chi connectivity index (χ4v) is 3.99. The van der Waals surface area contributed by atoms with Crippen molar-refractivity contribution >= 4 is 34.6 Å². The van der Waals surface area contributed by atoms with E-state index in [1.54, 1.807) is 13.8 Å². The molecule has 1 unspecified atom stereocenters. The SMILES string of the molecule is CC1(C)C(O)N(c2ccc(C#N)c(C(F)(F)F)c2)C(=S)N1c1ccc(C(N)=O)c(F)c1. The lowest BCUT2D eigenvalue weighted by Crippen LogP contribution is -2.47. The Hall–Kier alpha value is -3.23. The van der Waals surface area contributed by atoms with Gasteiger partial charge in [-0.3, -0.25) is 9.69 Å². The quantitative estimate of drug-likeness (QED) is 0.547. The number of aliphatic hydroxyl groups excluding tert-OH is 1. The van der Waals surface area contributed by atoms with E-state index in [-0.39, 0.29) is 22.1 Å². The molecule has 1 aliphatic heterocycles. The highest BCUT2D eigenvalue weighted by Crippen LogP contribution is 2.41. The van der Waals surface area contributed by atoms with Crippen molar-refractivity contribution in [1.29, 1.82) is 5.26 Å². The van der Waals surface area contributed by atoms with Crippen LogP contribution in [-0.2, 0) is 6.18 Å². The van der Waals surface area contributed by atoms with Crippen LogP contribution in [0.4, 0.5) is 28.9 Å². The van der Waals surface area contributed by atoms with E-state index in [2.05, 4.69) is 0 Å². The predicted octanol–water partition coefficient (Wildman–Crippen LogP) is 3.52. The lowest BCUT2D eigenvalue weighted by atomic mass is 10.0. The van der Waals surface area contributed by atoms with Crippen LogP contribution in [-0.4, -0.2) is 27.9 Å². The molecule has 1 amide bonds. The van der Waals surface area contributed by atoms with Crippen molar-refractivity contribution in [3.05, 3.63) is 58.9 Å². The molecule has 2 aromatic rings. The number of thiocarbonyl (C=S) groups is 1. The molecule has 31 heavy (non-hydrogen) atoms. The number of anilines is 2. The average Bonchev–Trinajstić information content (AvgIpc) is 2.84. The van der Waals surface area contributed by atoms with Gasteiger partial charge in [0.05, 0.1) is 28.3 Å². The Morgan fingerprint density at radius 2 is 1.84 bits per heavy atom. The molecule has 2 aromatic carbocycles. The molecule has 0 aliphatic carbocycles. The summed E-state index contributed by atoms with van der Waals surface area (Å²) in [5, 5.41) is 19.8. The zero-order valence-electron chi connectivity index (χ0n) is 16.2. The second-order valence-corrected chi connectivity index (χ2v) is 7.75. The molecule has 0 spiro atoms. The second-order valence-electron chi connectivity index (χ2n) is 7.38. The first-order valence-electron chi connectivity index (χ1n) is 8.83. The molecule has 11 heteroatoms. The van der Waals surface area contributed by atoms with Gasteiger partial charge in [-0.2, -0.15) is 18.4 Å². The first-order valence-corrected chi connectivity index (χ1v) is 9.23. The van der Waals surface area contributed by atoms with Gasteiger partial charge in [0.1, 0.15) is 5.82 Å². The molecular weight excluding hydrogens is 436 g/mol. The molecule has 162 valence electrons. The van der Waals surface area contributed by atoms with E-state index < -0.39 is 40.8 Å². The smallest absolute Gasteiger partial charge is 0.371 e. The van der Waals surface area contributed by atoms with Gasteiger partial charge in [0.15, 0.2) is 11.3 Å². The molecule has 3 N–H and O–H groups in total.